The normalized spacial score (nSPS) is 17.0. The van der Waals surface area contributed by atoms with Crippen LogP contribution in [0.3, 0.4) is 0 Å². The van der Waals surface area contributed by atoms with Crippen LogP contribution in [0.15, 0.2) is 36.4 Å². The van der Waals surface area contributed by atoms with Crippen molar-refractivity contribution in [1.82, 2.24) is 19.8 Å². The van der Waals surface area contributed by atoms with Crippen LogP contribution in [0.25, 0.3) is 5.65 Å². The van der Waals surface area contributed by atoms with E-state index in [2.05, 4.69) is 39.7 Å². The largest absolute Gasteiger partial charge is 0.453 e. The predicted molar refractivity (Wildman–Crippen MR) is 97.2 cm³/mol. The molecule has 0 amide bonds. The summed E-state index contributed by atoms with van der Waals surface area (Å²) in [7, 11) is 0. The molecule has 3 heterocycles. The van der Waals surface area contributed by atoms with Gasteiger partial charge in [0.15, 0.2) is 5.65 Å². The Morgan fingerprint density at radius 3 is 2.57 bits per heavy atom. The fraction of sp³-hybridized carbons (Fsp3) is 0.421. The molecule has 0 aliphatic carbocycles. The molecule has 1 aliphatic heterocycles. The second-order valence-corrected chi connectivity index (χ2v) is 7.07. The van der Waals surface area contributed by atoms with E-state index in [1.54, 1.807) is 6.07 Å². The number of alkyl halides is 3. The standard InChI is InChI=1S/C19H20F3N5O/c1-13-4-2-3-5-14(13)18(8-10-28-11-9-18)12-23-15-6-7-16-24-25-17(19(20,21)22)27(16)26-15/h2-7H,8-12H2,1H3,(H,23,26). The van der Waals surface area contributed by atoms with Crippen LogP contribution in [0.1, 0.15) is 29.8 Å². The van der Waals surface area contributed by atoms with Crippen molar-refractivity contribution in [1.29, 1.82) is 0 Å². The quantitative estimate of drug-likeness (QED) is 0.736. The predicted octanol–water partition coefficient (Wildman–Crippen LogP) is 3.61. The van der Waals surface area contributed by atoms with Gasteiger partial charge < -0.3 is 10.1 Å². The first-order chi connectivity index (χ1) is 13.4. The number of halogens is 3. The average molecular weight is 391 g/mol. The van der Waals surface area contributed by atoms with E-state index in [-0.39, 0.29) is 11.1 Å². The van der Waals surface area contributed by atoms with E-state index in [4.69, 9.17) is 4.74 Å². The summed E-state index contributed by atoms with van der Waals surface area (Å²) >= 11 is 0. The summed E-state index contributed by atoms with van der Waals surface area (Å²) in [5, 5.41) is 14.0. The van der Waals surface area contributed by atoms with E-state index in [0.29, 0.717) is 25.6 Å². The lowest BCUT2D eigenvalue weighted by molar-refractivity contribution is -0.146. The fourth-order valence-electron chi connectivity index (χ4n) is 3.79. The van der Waals surface area contributed by atoms with Gasteiger partial charge in [0.25, 0.3) is 5.82 Å². The summed E-state index contributed by atoms with van der Waals surface area (Å²) in [6.45, 7) is 3.91. The van der Waals surface area contributed by atoms with Crippen LogP contribution in [0.2, 0.25) is 0 Å². The smallest absolute Gasteiger partial charge is 0.381 e. The maximum Gasteiger partial charge on any atom is 0.453 e. The third-order valence-electron chi connectivity index (χ3n) is 5.29. The zero-order valence-corrected chi connectivity index (χ0v) is 15.3. The van der Waals surface area contributed by atoms with Crippen molar-refractivity contribution in [3.05, 3.63) is 53.3 Å². The second-order valence-electron chi connectivity index (χ2n) is 7.07. The van der Waals surface area contributed by atoms with Crippen LogP contribution in [-0.4, -0.2) is 39.6 Å². The van der Waals surface area contributed by atoms with Crippen LogP contribution in [0.4, 0.5) is 19.0 Å². The lowest BCUT2D eigenvalue weighted by Gasteiger charge is -2.39. The number of hydrogen-bond donors (Lipinski definition) is 1. The minimum atomic E-state index is -4.62. The van der Waals surface area contributed by atoms with Gasteiger partial charge in [0.1, 0.15) is 5.82 Å². The van der Waals surface area contributed by atoms with Crippen molar-refractivity contribution >= 4 is 11.5 Å². The number of benzene rings is 1. The summed E-state index contributed by atoms with van der Waals surface area (Å²) in [6, 6.07) is 11.3. The molecule has 28 heavy (non-hydrogen) atoms. The van der Waals surface area contributed by atoms with Crippen LogP contribution in [0.5, 0.6) is 0 Å². The Balaban J connectivity index is 1.64. The van der Waals surface area contributed by atoms with Crippen molar-refractivity contribution < 1.29 is 17.9 Å². The van der Waals surface area contributed by atoms with E-state index in [1.807, 2.05) is 12.1 Å². The summed E-state index contributed by atoms with van der Waals surface area (Å²) in [4.78, 5) is 0. The van der Waals surface area contributed by atoms with Crippen LogP contribution >= 0.6 is 0 Å². The number of rotatable bonds is 4. The van der Waals surface area contributed by atoms with Gasteiger partial charge in [-0.3, -0.25) is 0 Å². The number of anilines is 1. The van der Waals surface area contributed by atoms with Gasteiger partial charge in [-0.15, -0.1) is 15.3 Å². The molecule has 0 atom stereocenters. The Morgan fingerprint density at radius 2 is 1.86 bits per heavy atom. The molecule has 0 spiro atoms. The Bertz CT molecular complexity index is 979. The molecule has 1 aliphatic rings. The van der Waals surface area contributed by atoms with E-state index in [9.17, 15) is 13.2 Å². The van der Waals surface area contributed by atoms with E-state index in [1.165, 1.54) is 17.2 Å². The summed E-state index contributed by atoms with van der Waals surface area (Å²) in [5.74, 6) is -0.789. The fourth-order valence-corrected chi connectivity index (χ4v) is 3.79. The molecule has 148 valence electrons. The molecule has 0 unspecified atom stereocenters. The Labute approximate surface area is 159 Å². The van der Waals surface area contributed by atoms with Gasteiger partial charge >= 0.3 is 6.18 Å². The number of nitrogens with zero attached hydrogens (tertiary/aromatic N) is 4. The molecule has 2 aromatic heterocycles. The molecule has 0 bridgehead atoms. The molecule has 1 aromatic carbocycles. The molecule has 9 heteroatoms. The molecule has 3 aromatic rings. The van der Waals surface area contributed by atoms with Crippen molar-refractivity contribution in [2.75, 3.05) is 25.1 Å². The number of fused-ring (bicyclic) bond motifs is 1. The lowest BCUT2D eigenvalue weighted by atomic mass is 9.72. The number of aromatic nitrogens is 4. The highest BCUT2D eigenvalue weighted by molar-refractivity contribution is 5.45. The van der Waals surface area contributed by atoms with E-state index in [0.717, 1.165) is 17.4 Å². The van der Waals surface area contributed by atoms with Crippen LogP contribution in [-0.2, 0) is 16.3 Å². The Morgan fingerprint density at radius 1 is 1.11 bits per heavy atom. The minimum absolute atomic E-state index is 0.0533. The van der Waals surface area contributed by atoms with Gasteiger partial charge in [-0.25, -0.2) is 0 Å². The summed E-state index contributed by atoms with van der Waals surface area (Å²) < 4.78 is 45.5. The monoisotopic (exact) mass is 391 g/mol. The molecule has 4 rings (SSSR count). The van der Waals surface area contributed by atoms with Gasteiger partial charge in [-0.05, 0) is 43.0 Å². The van der Waals surface area contributed by atoms with E-state index >= 15 is 0 Å². The molecule has 1 saturated heterocycles. The third kappa shape index (κ3) is 3.42. The van der Waals surface area contributed by atoms with Crippen LogP contribution < -0.4 is 5.32 Å². The maximum absolute atomic E-state index is 13.1. The Kier molecular flexibility index (Phi) is 4.70. The highest BCUT2D eigenvalue weighted by Gasteiger charge is 2.38. The first-order valence-electron chi connectivity index (χ1n) is 9.06. The number of ether oxygens (including phenoxy) is 1. The molecule has 1 N–H and O–H groups in total. The van der Waals surface area contributed by atoms with Gasteiger partial charge in [0.2, 0.25) is 0 Å². The summed E-state index contributed by atoms with van der Waals surface area (Å²) in [6.07, 6.45) is -2.96. The SMILES string of the molecule is Cc1ccccc1C1(CNc2ccc3nnc(C(F)(F)F)n3n2)CCOCC1. The Hall–Kier alpha value is -2.68. The van der Waals surface area contributed by atoms with Crippen molar-refractivity contribution in [2.45, 2.75) is 31.4 Å². The van der Waals surface area contributed by atoms with Gasteiger partial charge in [0.05, 0.1) is 0 Å². The topological polar surface area (TPSA) is 64.3 Å². The summed E-state index contributed by atoms with van der Waals surface area (Å²) in [5.41, 5.74) is 2.30. The number of aryl methyl sites for hydroxylation is 1. The molecular formula is C19H20F3N5O. The molecule has 0 saturated carbocycles. The second kappa shape index (κ2) is 7.05. The highest BCUT2D eigenvalue weighted by Crippen LogP contribution is 2.37. The van der Waals surface area contributed by atoms with E-state index < -0.39 is 12.0 Å². The first-order valence-corrected chi connectivity index (χ1v) is 9.06. The van der Waals surface area contributed by atoms with Crippen LogP contribution in [0, 0.1) is 6.92 Å². The van der Waals surface area contributed by atoms with Crippen molar-refractivity contribution in [2.24, 2.45) is 0 Å². The third-order valence-corrected chi connectivity index (χ3v) is 5.29. The minimum Gasteiger partial charge on any atom is -0.381 e. The van der Waals surface area contributed by atoms with Crippen molar-refractivity contribution in [3.8, 4) is 0 Å². The average Bonchev–Trinajstić information content (AvgIpc) is 3.11. The lowest BCUT2D eigenvalue weighted by Crippen LogP contribution is -2.40. The first kappa shape index (κ1) is 18.7. The zero-order valence-electron chi connectivity index (χ0n) is 15.3. The molecule has 0 radical (unpaired) electrons. The molecule has 1 fully saturated rings. The zero-order chi connectivity index (χ0) is 19.8. The maximum atomic E-state index is 13.1. The molecule has 6 nitrogen and oxygen atoms in total. The van der Waals surface area contributed by atoms with Crippen molar-refractivity contribution in [3.63, 3.8) is 0 Å². The van der Waals surface area contributed by atoms with Gasteiger partial charge in [0, 0.05) is 25.2 Å². The van der Waals surface area contributed by atoms with Gasteiger partial charge in [-0.2, -0.15) is 17.7 Å². The van der Waals surface area contributed by atoms with Gasteiger partial charge in [-0.1, -0.05) is 24.3 Å². The number of nitrogens with one attached hydrogen (secondary N) is 1. The highest BCUT2D eigenvalue weighted by atomic mass is 19.4. The number of hydrogen-bond acceptors (Lipinski definition) is 5. The molecular weight excluding hydrogens is 371 g/mol.